The van der Waals surface area contributed by atoms with Gasteiger partial charge >= 0.3 is 0 Å². The maximum Gasteiger partial charge on any atom is 0.171 e. The molecule has 0 bridgehead atoms. The van der Waals surface area contributed by atoms with Crippen molar-refractivity contribution in [3.8, 4) is 5.75 Å². The van der Waals surface area contributed by atoms with Crippen LogP contribution in [0, 0.1) is 6.92 Å². The van der Waals surface area contributed by atoms with E-state index in [1.165, 1.54) is 11.1 Å². The quantitative estimate of drug-likeness (QED) is 0.781. The number of thiocarbonyl (C=S) groups is 1. The molecule has 0 amide bonds. The minimum atomic E-state index is 0.335. The van der Waals surface area contributed by atoms with Gasteiger partial charge in [0.1, 0.15) is 11.9 Å². The number of likely N-dealkylation sites (tertiary alicyclic amines) is 1. The largest absolute Gasteiger partial charge is 0.490 e. The molecule has 5 heteroatoms. The second-order valence-electron chi connectivity index (χ2n) is 6.94. The Morgan fingerprint density at radius 1 is 1.08 bits per heavy atom. The van der Waals surface area contributed by atoms with Crippen LogP contribution in [-0.2, 0) is 6.54 Å². The lowest BCUT2D eigenvalue weighted by atomic mass is 10.1. The molecule has 0 saturated carbocycles. The van der Waals surface area contributed by atoms with Crippen LogP contribution in [0.3, 0.4) is 0 Å². The molecule has 2 aromatic rings. The number of aryl methyl sites for hydroxylation is 1. The van der Waals surface area contributed by atoms with Gasteiger partial charge in [-0.25, -0.2) is 0 Å². The predicted octanol–water partition coefficient (Wildman–Crippen LogP) is 3.95. The Morgan fingerprint density at radius 2 is 1.73 bits per heavy atom. The molecule has 0 atom stereocenters. The van der Waals surface area contributed by atoms with Gasteiger partial charge in [0, 0.05) is 25.3 Å². The zero-order valence-electron chi connectivity index (χ0n) is 15.5. The van der Waals surface area contributed by atoms with Crippen molar-refractivity contribution in [3.05, 3.63) is 59.7 Å². The van der Waals surface area contributed by atoms with E-state index in [0.29, 0.717) is 17.8 Å². The standard InChI is InChI=1S/C21H27N3OS/c1-16-3-7-18(8-4-16)23-21(26)22-15-17-5-9-19(10-6-17)25-20-11-13-24(2)14-12-20/h3-10,20H,11-15H2,1-2H3,(H2,22,23,26). The topological polar surface area (TPSA) is 36.5 Å². The van der Waals surface area contributed by atoms with E-state index in [1.54, 1.807) is 0 Å². The molecule has 1 heterocycles. The first-order chi connectivity index (χ1) is 12.6. The molecular formula is C21H27N3OS. The maximum atomic E-state index is 6.09. The Hall–Kier alpha value is -2.11. The van der Waals surface area contributed by atoms with Crippen molar-refractivity contribution in [3.63, 3.8) is 0 Å². The lowest BCUT2D eigenvalue weighted by Gasteiger charge is -2.29. The molecule has 1 saturated heterocycles. The van der Waals surface area contributed by atoms with Crippen LogP contribution >= 0.6 is 12.2 Å². The van der Waals surface area contributed by atoms with E-state index in [4.69, 9.17) is 17.0 Å². The van der Waals surface area contributed by atoms with Crippen molar-refractivity contribution in [2.24, 2.45) is 0 Å². The molecule has 0 aliphatic carbocycles. The fraction of sp³-hybridized carbons (Fsp3) is 0.381. The van der Waals surface area contributed by atoms with E-state index >= 15 is 0 Å². The fourth-order valence-electron chi connectivity index (χ4n) is 2.98. The number of rotatable bonds is 5. The Labute approximate surface area is 161 Å². The number of ether oxygens (including phenoxy) is 1. The second kappa shape index (κ2) is 9.01. The van der Waals surface area contributed by atoms with E-state index in [2.05, 4.69) is 53.8 Å². The third-order valence-electron chi connectivity index (χ3n) is 4.65. The first-order valence-electron chi connectivity index (χ1n) is 9.14. The van der Waals surface area contributed by atoms with Gasteiger partial charge in [0.15, 0.2) is 5.11 Å². The van der Waals surface area contributed by atoms with Gasteiger partial charge in [-0.2, -0.15) is 0 Å². The third-order valence-corrected chi connectivity index (χ3v) is 4.90. The van der Waals surface area contributed by atoms with Crippen LogP contribution in [0.5, 0.6) is 5.75 Å². The summed E-state index contributed by atoms with van der Waals surface area (Å²) in [5.41, 5.74) is 3.40. The van der Waals surface area contributed by atoms with Gasteiger partial charge in [-0.3, -0.25) is 0 Å². The average Bonchev–Trinajstić information content (AvgIpc) is 2.65. The van der Waals surface area contributed by atoms with E-state index in [-0.39, 0.29) is 0 Å². The molecule has 26 heavy (non-hydrogen) atoms. The van der Waals surface area contributed by atoms with Gasteiger partial charge in [0.2, 0.25) is 0 Å². The van der Waals surface area contributed by atoms with Crippen LogP contribution in [0.15, 0.2) is 48.5 Å². The lowest BCUT2D eigenvalue weighted by molar-refractivity contribution is 0.114. The normalized spacial score (nSPS) is 15.5. The number of benzene rings is 2. The van der Waals surface area contributed by atoms with Gasteiger partial charge in [-0.05, 0) is 68.9 Å². The summed E-state index contributed by atoms with van der Waals surface area (Å²) < 4.78 is 6.09. The van der Waals surface area contributed by atoms with E-state index < -0.39 is 0 Å². The molecule has 1 aliphatic heterocycles. The number of hydrogen-bond donors (Lipinski definition) is 2. The van der Waals surface area contributed by atoms with Crippen LogP contribution in [0.25, 0.3) is 0 Å². The highest BCUT2D eigenvalue weighted by molar-refractivity contribution is 7.80. The Balaban J connectivity index is 1.43. The number of nitrogens with one attached hydrogen (secondary N) is 2. The van der Waals surface area contributed by atoms with Crippen molar-refractivity contribution in [2.75, 3.05) is 25.5 Å². The number of anilines is 1. The Bertz CT molecular complexity index is 707. The Morgan fingerprint density at radius 3 is 2.38 bits per heavy atom. The van der Waals surface area contributed by atoms with Gasteiger partial charge in [-0.1, -0.05) is 29.8 Å². The molecule has 2 aromatic carbocycles. The smallest absolute Gasteiger partial charge is 0.171 e. The number of piperidine rings is 1. The monoisotopic (exact) mass is 369 g/mol. The van der Waals surface area contributed by atoms with E-state index in [9.17, 15) is 0 Å². The summed E-state index contributed by atoms with van der Waals surface area (Å²) in [6.07, 6.45) is 2.53. The summed E-state index contributed by atoms with van der Waals surface area (Å²) in [7, 11) is 2.16. The van der Waals surface area contributed by atoms with Crippen LogP contribution in [0.4, 0.5) is 5.69 Å². The molecule has 1 fully saturated rings. The molecule has 2 N–H and O–H groups in total. The molecule has 0 aromatic heterocycles. The summed E-state index contributed by atoms with van der Waals surface area (Å²) in [6.45, 7) is 4.98. The lowest BCUT2D eigenvalue weighted by Crippen LogP contribution is -2.35. The minimum Gasteiger partial charge on any atom is -0.490 e. The van der Waals surface area contributed by atoms with Crippen molar-refractivity contribution >= 4 is 23.0 Å². The number of hydrogen-bond acceptors (Lipinski definition) is 3. The van der Waals surface area contributed by atoms with Crippen molar-refractivity contribution in [1.82, 2.24) is 10.2 Å². The van der Waals surface area contributed by atoms with Crippen molar-refractivity contribution in [1.29, 1.82) is 0 Å². The molecule has 3 rings (SSSR count). The minimum absolute atomic E-state index is 0.335. The van der Waals surface area contributed by atoms with Crippen molar-refractivity contribution in [2.45, 2.75) is 32.4 Å². The summed E-state index contributed by atoms with van der Waals surface area (Å²) >= 11 is 5.36. The van der Waals surface area contributed by atoms with Crippen LogP contribution < -0.4 is 15.4 Å². The average molecular weight is 370 g/mol. The highest BCUT2D eigenvalue weighted by Crippen LogP contribution is 2.19. The highest BCUT2D eigenvalue weighted by atomic mass is 32.1. The molecule has 1 aliphatic rings. The van der Waals surface area contributed by atoms with Crippen LogP contribution in [0.2, 0.25) is 0 Å². The first-order valence-corrected chi connectivity index (χ1v) is 9.55. The first kappa shape index (κ1) is 18.7. The van der Waals surface area contributed by atoms with Gasteiger partial charge < -0.3 is 20.3 Å². The SMILES string of the molecule is Cc1ccc(NC(=S)NCc2ccc(OC3CCN(C)CC3)cc2)cc1. The van der Waals surface area contributed by atoms with Gasteiger partial charge in [0.25, 0.3) is 0 Å². The fourth-order valence-corrected chi connectivity index (χ4v) is 3.17. The highest BCUT2D eigenvalue weighted by Gasteiger charge is 2.17. The Kier molecular flexibility index (Phi) is 6.47. The second-order valence-corrected chi connectivity index (χ2v) is 7.35. The van der Waals surface area contributed by atoms with Crippen molar-refractivity contribution < 1.29 is 4.74 Å². The number of nitrogens with zero attached hydrogens (tertiary/aromatic N) is 1. The van der Waals surface area contributed by atoms with E-state index in [0.717, 1.165) is 37.4 Å². The zero-order chi connectivity index (χ0) is 18.4. The maximum absolute atomic E-state index is 6.09. The summed E-state index contributed by atoms with van der Waals surface area (Å²) in [5.74, 6) is 0.948. The molecule has 0 radical (unpaired) electrons. The summed E-state index contributed by atoms with van der Waals surface area (Å²) in [6, 6.07) is 16.5. The predicted molar refractivity (Wildman–Crippen MR) is 112 cm³/mol. The molecule has 4 nitrogen and oxygen atoms in total. The molecular weight excluding hydrogens is 342 g/mol. The van der Waals surface area contributed by atoms with Gasteiger partial charge in [-0.15, -0.1) is 0 Å². The van der Waals surface area contributed by atoms with Gasteiger partial charge in [0.05, 0.1) is 0 Å². The molecule has 138 valence electrons. The van der Waals surface area contributed by atoms with Crippen LogP contribution in [0.1, 0.15) is 24.0 Å². The van der Waals surface area contributed by atoms with Crippen LogP contribution in [-0.4, -0.2) is 36.3 Å². The third kappa shape index (κ3) is 5.71. The molecule has 0 spiro atoms. The molecule has 0 unspecified atom stereocenters. The van der Waals surface area contributed by atoms with E-state index in [1.807, 2.05) is 24.3 Å². The zero-order valence-corrected chi connectivity index (χ0v) is 16.3. The summed E-state index contributed by atoms with van der Waals surface area (Å²) in [5, 5.41) is 7.07. The summed E-state index contributed by atoms with van der Waals surface area (Å²) in [4.78, 5) is 2.35.